The summed E-state index contributed by atoms with van der Waals surface area (Å²) in [5.74, 6) is 0.449. The van der Waals surface area contributed by atoms with Gasteiger partial charge in [-0.05, 0) is 50.2 Å². The van der Waals surface area contributed by atoms with E-state index < -0.39 is 0 Å². The summed E-state index contributed by atoms with van der Waals surface area (Å²) in [6.07, 6.45) is 7.87. The van der Waals surface area contributed by atoms with Gasteiger partial charge in [-0.15, -0.1) is 0 Å². The molecular weight excluding hydrogens is 340 g/mol. The number of fused-ring (bicyclic) bond motifs is 2. The van der Waals surface area contributed by atoms with E-state index in [-0.39, 0.29) is 5.56 Å². The molecule has 3 aromatic heterocycles. The number of nitrogens with zero attached hydrogens (tertiary/aromatic N) is 4. The summed E-state index contributed by atoms with van der Waals surface area (Å²) in [5.41, 5.74) is 2.77. The van der Waals surface area contributed by atoms with Crippen molar-refractivity contribution in [3.8, 4) is 0 Å². The van der Waals surface area contributed by atoms with E-state index in [0.29, 0.717) is 5.92 Å². The lowest BCUT2D eigenvalue weighted by molar-refractivity contribution is 0.202. The first kappa shape index (κ1) is 16.3. The van der Waals surface area contributed by atoms with Gasteiger partial charge in [0.1, 0.15) is 5.52 Å². The minimum Gasteiger partial charge on any atom is -0.356 e. The van der Waals surface area contributed by atoms with Crippen LogP contribution < -0.4 is 5.56 Å². The first-order valence-corrected chi connectivity index (χ1v) is 9.52. The Morgan fingerprint density at radius 1 is 1.00 bits per heavy atom. The van der Waals surface area contributed by atoms with Crippen LogP contribution in [-0.2, 0) is 6.54 Å². The molecule has 1 aliphatic rings. The zero-order valence-electron chi connectivity index (χ0n) is 15.1. The van der Waals surface area contributed by atoms with Crippen LogP contribution in [0.5, 0.6) is 0 Å². The Hall–Kier alpha value is -2.86. The summed E-state index contributed by atoms with van der Waals surface area (Å²) in [7, 11) is 0. The second-order valence-corrected chi connectivity index (χ2v) is 7.28. The highest BCUT2D eigenvalue weighted by Gasteiger charge is 2.24. The van der Waals surface area contributed by atoms with Gasteiger partial charge in [0, 0.05) is 43.0 Å². The van der Waals surface area contributed by atoms with Crippen molar-refractivity contribution in [2.45, 2.75) is 25.3 Å². The van der Waals surface area contributed by atoms with E-state index in [0.717, 1.165) is 61.2 Å². The third kappa shape index (κ3) is 2.96. The molecule has 0 aliphatic carbocycles. The van der Waals surface area contributed by atoms with Gasteiger partial charge in [-0.1, -0.05) is 17.3 Å². The molecule has 0 saturated carbocycles. The zero-order valence-corrected chi connectivity index (χ0v) is 15.1. The average molecular weight is 362 g/mol. The molecule has 0 bridgehead atoms. The quantitative estimate of drug-likeness (QED) is 0.560. The zero-order chi connectivity index (χ0) is 18.2. The van der Waals surface area contributed by atoms with Crippen molar-refractivity contribution in [2.75, 3.05) is 19.6 Å². The van der Waals surface area contributed by atoms with E-state index in [1.807, 2.05) is 57.9 Å². The van der Waals surface area contributed by atoms with Gasteiger partial charge >= 0.3 is 0 Å². The van der Waals surface area contributed by atoms with Gasteiger partial charge in [-0.25, -0.2) is 0 Å². The molecule has 1 aromatic carbocycles. The van der Waals surface area contributed by atoms with Crippen LogP contribution in [0.25, 0.3) is 16.5 Å². The van der Waals surface area contributed by atoms with Crippen LogP contribution in [0.15, 0.2) is 64.3 Å². The Kier molecular flexibility index (Phi) is 4.05. The van der Waals surface area contributed by atoms with E-state index >= 15 is 0 Å². The Bertz CT molecular complexity index is 1130. The summed E-state index contributed by atoms with van der Waals surface area (Å²) >= 11 is 0. The minimum atomic E-state index is 0.0754. The number of aromatic nitrogens is 3. The maximum Gasteiger partial charge on any atom is 0.274 e. The predicted octanol–water partition coefficient (Wildman–Crippen LogP) is 3.12. The molecule has 4 heterocycles. The maximum atomic E-state index is 12.5. The van der Waals surface area contributed by atoms with Crippen LogP contribution in [0.2, 0.25) is 0 Å². The fourth-order valence-corrected chi connectivity index (χ4v) is 4.13. The molecule has 6 heteroatoms. The van der Waals surface area contributed by atoms with Gasteiger partial charge in [0.15, 0.2) is 5.58 Å². The smallest absolute Gasteiger partial charge is 0.274 e. The highest BCUT2D eigenvalue weighted by Crippen LogP contribution is 2.32. The monoisotopic (exact) mass is 362 g/mol. The van der Waals surface area contributed by atoms with Gasteiger partial charge in [0.25, 0.3) is 5.56 Å². The molecule has 0 atom stereocenters. The Morgan fingerprint density at radius 3 is 2.74 bits per heavy atom. The van der Waals surface area contributed by atoms with Crippen molar-refractivity contribution in [2.24, 2.45) is 0 Å². The molecule has 0 spiro atoms. The molecule has 138 valence electrons. The number of likely N-dealkylation sites (tertiary alicyclic amines) is 1. The maximum absolute atomic E-state index is 12.5. The van der Waals surface area contributed by atoms with Crippen molar-refractivity contribution in [1.82, 2.24) is 19.0 Å². The topological polar surface area (TPSA) is 55.7 Å². The van der Waals surface area contributed by atoms with E-state index in [1.165, 1.54) is 0 Å². The molecular formula is C21H22N4O2. The summed E-state index contributed by atoms with van der Waals surface area (Å²) < 4.78 is 9.15. The Labute approximate surface area is 156 Å². The van der Waals surface area contributed by atoms with E-state index in [9.17, 15) is 4.79 Å². The van der Waals surface area contributed by atoms with Gasteiger partial charge < -0.3 is 18.4 Å². The van der Waals surface area contributed by atoms with E-state index in [1.54, 1.807) is 0 Å². The minimum absolute atomic E-state index is 0.0754. The van der Waals surface area contributed by atoms with Gasteiger partial charge in [-0.2, -0.15) is 0 Å². The number of rotatable bonds is 4. The lowest BCUT2D eigenvalue weighted by Gasteiger charge is -2.31. The molecule has 1 saturated heterocycles. The van der Waals surface area contributed by atoms with E-state index in [2.05, 4.69) is 16.1 Å². The standard InChI is InChI=1S/C21H22N4O2/c26-21-18-5-3-9-24(18)14-15-25(21)13-12-23-10-7-16(8-11-23)20-17-4-1-2-6-19(17)27-22-20/h1-6,9,14-16H,7-8,10-13H2. The van der Waals surface area contributed by atoms with Crippen molar-refractivity contribution in [3.63, 3.8) is 0 Å². The summed E-state index contributed by atoms with van der Waals surface area (Å²) in [6.45, 7) is 3.66. The molecule has 0 amide bonds. The lowest BCUT2D eigenvalue weighted by atomic mass is 9.91. The lowest BCUT2D eigenvalue weighted by Crippen LogP contribution is -2.36. The molecule has 27 heavy (non-hydrogen) atoms. The highest BCUT2D eigenvalue weighted by molar-refractivity contribution is 5.79. The van der Waals surface area contributed by atoms with Crippen LogP contribution in [0.1, 0.15) is 24.5 Å². The average Bonchev–Trinajstić information content (AvgIpc) is 3.35. The Balaban J connectivity index is 1.23. The molecule has 1 aliphatic heterocycles. The van der Waals surface area contributed by atoms with Crippen LogP contribution in [0.4, 0.5) is 0 Å². The van der Waals surface area contributed by atoms with Crippen LogP contribution >= 0.6 is 0 Å². The van der Waals surface area contributed by atoms with Crippen molar-refractivity contribution < 1.29 is 4.52 Å². The molecule has 0 radical (unpaired) electrons. The highest BCUT2D eigenvalue weighted by atomic mass is 16.5. The predicted molar refractivity (Wildman–Crippen MR) is 104 cm³/mol. The largest absolute Gasteiger partial charge is 0.356 e. The summed E-state index contributed by atoms with van der Waals surface area (Å²) in [5, 5.41) is 5.47. The van der Waals surface area contributed by atoms with Crippen LogP contribution in [0, 0.1) is 0 Å². The summed E-state index contributed by atoms with van der Waals surface area (Å²) in [6, 6.07) is 11.9. The van der Waals surface area contributed by atoms with E-state index in [4.69, 9.17) is 4.52 Å². The number of piperidine rings is 1. The second-order valence-electron chi connectivity index (χ2n) is 7.28. The van der Waals surface area contributed by atoms with Crippen molar-refractivity contribution in [3.05, 3.63) is 71.0 Å². The third-order valence-electron chi connectivity index (χ3n) is 5.70. The van der Waals surface area contributed by atoms with Crippen LogP contribution in [0.3, 0.4) is 0 Å². The molecule has 5 rings (SSSR count). The molecule has 4 aromatic rings. The van der Waals surface area contributed by atoms with Gasteiger partial charge in [0.2, 0.25) is 0 Å². The number of hydrogen-bond donors (Lipinski definition) is 0. The SMILES string of the molecule is O=c1c2cccn2ccn1CCN1CCC(c2noc3ccccc23)CC1. The first-order chi connectivity index (χ1) is 13.3. The first-order valence-electron chi connectivity index (χ1n) is 9.52. The van der Waals surface area contributed by atoms with Crippen molar-refractivity contribution >= 4 is 16.5 Å². The fraction of sp³-hybridized carbons (Fsp3) is 0.333. The molecule has 0 N–H and O–H groups in total. The molecule has 0 unspecified atom stereocenters. The van der Waals surface area contributed by atoms with Crippen LogP contribution in [-0.4, -0.2) is 38.7 Å². The number of benzene rings is 1. The second kappa shape index (κ2) is 6.70. The van der Waals surface area contributed by atoms with Gasteiger partial charge in [0.05, 0.1) is 5.69 Å². The normalized spacial score (nSPS) is 16.4. The molecule has 1 fully saturated rings. The number of hydrogen-bond acceptors (Lipinski definition) is 4. The van der Waals surface area contributed by atoms with Gasteiger partial charge in [-0.3, -0.25) is 4.79 Å². The number of para-hydroxylation sites is 1. The Morgan fingerprint density at radius 2 is 1.85 bits per heavy atom. The molecule has 6 nitrogen and oxygen atoms in total. The third-order valence-corrected chi connectivity index (χ3v) is 5.70. The van der Waals surface area contributed by atoms with Crippen molar-refractivity contribution in [1.29, 1.82) is 0 Å². The summed E-state index contributed by atoms with van der Waals surface area (Å²) in [4.78, 5) is 14.9. The fourth-order valence-electron chi connectivity index (χ4n) is 4.13.